The molecule has 0 saturated heterocycles. The van der Waals surface area contributed by atoms with Crippen LogP contribution < -0.4 is 0 Å². The normalized spacial score (nSPS) is 10.9. The van der Waals surface area contributed by atoms with Gasteiger partial charge in [0.25, 0.3) is 0 Å². The van der Waals surface area contributed by atoms with Gasteiger partial charge in [-0.05, 0) is 28.8 Å². The molecule has 1 aliphatic carbocycles. The monoisotopic (exact) mass is 522 g/mol. The molecule has 0 bridgehead atoms. The standard InChI is InChI=1S/C27H18N2.4C2H6.2CH4/c1-3-11-19(12-4-1)27(20-13-5-2-6-14-20)22-16-8-7-15-21(22)25-26(27)29-24-18-10-9-17-23(24)28-25;4*1-2;;/h1-18H;4*1-2H3;2*1H4. The first-order valence-corrected chi connectivity index (χ1v) is 13.9. The van der Waals surface area contributed by atoms with Crippen molar-refractivity contribution in [1.82, 2.24) is 9.97 Å². The van der Waals surface area contributed by atoms with E-state index in [9.17, 15) is 0 Å². The summed E-state index contributed by atoms with van der Waals surface area (Å²) in [5.41, 5.74) is 8.18. The Morgan fingerprint density at radius 2 is 0.821 bits per heavy atom. The lowest BCUT2D eigenvalue weighted by molar-refractivity contribution is 0.740. The highest BCUT2D eigenvalue weighted by Crippen LogP contribution is 2.54. The van der Waals surface area contributed by atoms with Crippen LogP contribution in [0.2, 0.25) is 0 Å². The molecule has 39 heavy (non-hydrogen) atoms. The van der Waals surface area contributed by atoms with Gasteiger partial charge in [-0.3, -0.25) is 0 Å². The van der Waals surface area contributed by atoms with Crippen molar-refractivity contribution in [1.29, 1.82) is 0 Å². The van der Waals surface area contributed by atoms with Crippen molar-refractivity contribution in [2.24, 2.45) is 0 Å². The maximum absolute atomic E-state index is 5.21. The van der Waals surface area contributed by atoms with Crippen molar-refractivity contribution in [3.63, 3.8) is 0 Å². The van der Waals surface area contributed by atoms with Crippen molar-refractivity contribution in [2.45, 2.75) is 75.7 Å². The van der Waals surface area contributed by atoms with E-state index in [-0.39, 0.29) is 14.9 Å². The first-order chi connectivity index (χ1) is 18.4. The van der Waals surface area contributed by atoms with Gasteiger partial charge in [-0.2, -0.15) is 0 Å². The van der Waals surface area contributed by atoms with Crippen LogP contribution in [0.1, 0.15) is 92.6 Å². The maximum atomic E-state index is 5.21. The summed E-state index contributed by atoms with van der Waals surface area (Å²) < 4.78 is 0. The molecule has 1 aliphatic rings. The van der Waals surface area contributed by atoms with Crippen molar-refractivity contribution < 1.29 is 0 Å². The number of benzene rings is 4. The summed E-state index contributed by atoms with van der Waals surface area (Å²) in [6, 6.07) is 38.1. The second kappa shape index (κ2) is 17.7. The molecular formula is C37H50N2. The van der Waals surface area contributed by atoms with E-state index >= 15 is 0 Å². The van der Waals surface area contributed by atoms with Gasteiger partial charge in [0.1, 0.15) is 0 Å². The van der Waals surface area contributed by atoms with Gasteiger partial charge in [0.15, 0.2) is 0 Å². The first-order valence-electron chi connectivity index (χ1n) is 13.9. The minimum Gasteiger partial charge on any atom is -0.247 e. The lowest BCUT2D eigenvalue weighted by Gasteiger charge is -2.32. The summed E-state index contributed by atoms with van der Waals surface area (Å²) in [7, 11) is 0. The molecule has 2 heteroatoms. The lowest BCUT2D eigenvalue weighted by atomic mass is 9.69. The molecule has 1 heterocycles. The Morgan fingerprint density at radius 1 is 0.436 bits per heavy atom. The Kier molecular flexibility index (Phi) is 16.0. The number of aromatic nitrogens is 2. The molecule has 5 aromatic rings. The van der Waals surface area contributed by atoms with E-state index in [0.29, 0.717) is 0 Å². The van der Waals surface area contributed by atoms with Crippen LogP contribution in [0.3, 0.4) is 0 Å². The highest BCUT2D eigenvalue weighted by molar-refractivity contribution is 5.87. The molecule has 0 radical (unpaired) electrons. The Bertz CT molecular complexity index is 1300. The van der Waals surface area contributed by atoms with Gasteiger partial charge in [0, 0.05) is 5.56 Å². The van der Waals surface area contributed by atoms with E-state index < -0.39 is 5.41 Å². The van der Waals surface area contributed by atoms with E-state index in [1.807, 2.05) is 79.7 Å². The number of nitrogens with zero attached hydrogens (tertiary/aromatic N) is 2. The van der Waals surface area contributed by atoms with E-state index in [4.69, 9.17) is 9.97 Å². The van der Waals surface area contributed by atoms with Gasteiger partial charge in [0.2, 0.25) is 0 Å². The number of hydrogen-bond donors (Lipinski definition) is 0. The van der Waals surface area contributed by atoms with Gasteiger partial charge in [-0.1, -0.05) is 167 Å². The van der Waals surface area contributed by atoms with Gasteiger partial charge in [-0.25, -0.2) is 9.97 Å². The van der Waals surface area contributed by atoms with Crippen LogP contribution in [0.15, 0.2) is 109 Å². The third-order valence-corrected chi connectivity index (χ3v) is 5.93. The van der Waals surface area contributed by atoms with Crippen LogP contribution in [0.5, 0.6) is 0 Å². The zero-order valence-corrected chi connectivity index (χ0v) is 23.8. The smallest absolute Gasteiger partial charge is 0.0944 e. The highest BCUT2D eigenvalue weighted by Gasteiger charge is 2.48. The number of hydrogen-bond acceptors (Lipinski definition) is 2. The van der Waals surface area contributed by atoms with E-state index in [1.54, 1.807) is 0 Å². The van der Waals surface area contributed by atoms with Crippen molar-refractivity contribution in [3.05, 3.63) is 132 Å². The summed E-state index contributed by atoms with van der Waals surface area (Å²) >= 11 is 0. The molecule has 4 aromatic carbocycles. The van der Waals surface area contributed by atoms with E-state index in [2.05, 4.69) is 84.9 Å². The fraction of sp³-hybridized carbons (Fsp3) is 0.297. The van der Waals surface area contributed by atoms with Crippen molar-refractivity contribution in [3.8, 4) is 11.3 Å². The van der Waals surface area contributed by atoms with Gasteiger partial charge >= 0.3 is 0 Å². The summed E-state index contributed by atoms with van der Waals surface area (Å²) in [5, 5.41) is 0. The minimum absolute atomic E-state index is 0. The zero-order chi connectivity index (χ0) is 27.3. The van der Waals surface area contributed by atoms with Crippen molar-refractivity contribution in [2.75, 3.05) is 0 Å². The molecule has 6 rings (SSSR count). The predicted octanol–water partition coefficient (Wildman–Crippen LogP) is 11.4. The molecule has 2 nitrogen and oxygen atoms in total. The fourth-order valence-electron chi connectivity index (χ4n) is 4.72. The van der Waals surface area contributed by atoms with Gasteiger partial charge in [-0.15, -0.1) is 0 Å². The second-order valence-corrected chi connectivity index (χ2v) is 7.44. The molecule has 1 aromatic heterocycles. The summed E-state index contributed by atoms with van der Waals surface area (Å²) in [6.07, 6.45) is 0. The topological polar surface area (TPSA) is 25.8 Å². The highest BCUT2D eigenvalue weighted by atomic mass is 14.9. The molecule has 0 amide bonds. The van der Waals surface area contributed by atoms with E-state index in [1.165, 1.54) is 16.7 Å². The quantitative estimate of drug-likeness (QED) is 0.226. The third-order valence-electron chi connectivity index (χ3n) is 5.93. The second-order valence-electron chi connectivity index (χ2n) is 7.44. The fourth-order valence-corrected chi connectivity index (χ4v) is 4.72. The number of fused-ring (bicyclic) bond motifs is 4. The average molecular weight is 523 g/mol. The van der Waals surface area contributed by atoms with Crippen LogP contribution >= 0.6 is 0 Å². The molecule has 0 atom stereocenters. The molecule has 208 valence electrons. The van der Waals surface area contributed by atoms with Crippen LogP contribution in [-0.4, -0.2) is 9.97 Å². The Hall–Kier alpha value is -3.78. The summed E-state index contributed by atoms with van der Waals surface area (Å²) in [5.74, 6) is 0. The van der Waals surface area contributed by atoms with Crippen LogP contribution in [0.25, 0.3) is 22.3 Å². The minimum atomic E-state index is -0.481. The molecule has 0 fully saturated rings. The Morgan fingerprint density at radius 3 is 1.31 bits per heavy atom. The maximum Gasteiger partial charge on any atom is 0.0944 e. The first kappa shape index (κ1) is 35.2. The number of rotatable bonds is 2. The van der Waals surface area contributed by atoms with E-state index in [0.717, 1.165) is 28.0 Å². The molecule has 0 saturated carbocycles. The van der Waals surface area contributed by atoms with Crippen LogP contribution in [0.4, 0.5) is 0 Å². The lowest BCUT2D eigenvalue weighted by Crippen LogP contribution is -2.29. The predicted molar refractivity (Wildman–Crippen MR) is 176 cm³/mol. The molecule has 0 N–H and O–H groups in total. The molecule has 0 spiro atoms. The SMILES string of the molecule is C.C.CC.CC.CC.CC.c1ccc(C2(c3ccccc3)c3ccccc3-c3nc4ccccc4nc32)cc1. The van der Waals surface area contributed by atoms with Gasteiger partial charge < -0.3 is 0 Å². The largest absolute Gasteiger partial charge is 0.247 e. The average Bonchev–Trinajstić information content (AvgIpc) is 3.31. The number of para-hydroxylation sites is 2. The van der Waals surface area contributed by atoms with Gasteiger partial charge in [0.05, 0.1) is 27.8 Å². The Balaban J connectivity index is 0.00000133. The molecular weight excluding hydrogens is 472 g/mol. The van der Waals surface area contributed by atoms with Crippen molar-refractivity contribution >= 4 is 11.0 Å². The molecule has 0 aliphatic heterocycles. The summed E-state index contributed by atoms with van der Waals surface area (Å²) in [4.78, 5) is 10.3. The van der Waals surface area contributed by atoms with Crippen LogP contribution in [-0.2, 0) is 5.41 Å². The summed E-state index contributed by atoms with van der Waals surface area (Å²) in [6.45, 7) is 16.0. The third kappa shape index (κ3) is 6.45. The zero-order valence-electron chi connectivity index (χ0n) is 23.8. The molecule has 0 unspecified atom stereocenters. The van der Waals surface area contributed by atoms with Crippen LogP contribution in [0, 0.1) is 0 Å². The Labute approximate surface area is 239 Å².